The molecule has 4 rings (SSSR count). The van der Waals surface area contributed by atoms with Gasteiger partial charge in [0.2, 0.25) is 5.91 Å². The van der Waals surface area contributed by atoms with Crippen LogP contribution in [0.1, 0.15) is 18.0 Å². The number of thioether (sulfide) groups is 1. The maximum Gasteiger partial charge on any atom is 0.225 e. The molecule has 148 valence electrons. The number of aromatic nitrogens is 2. The summed E-state index contributed by atoms with van der Waals surface area (Å²) < 4.78 is 5.13. The molecule has 0 unspecified atom stereocenters. The topological polar surface area (TPSA) is 58.6 Å². The first-order valence-electron chi connectivity index (χ1n) is 9.66. The number of benzene rings is 1. The quantitative estimate of drug-likeness (QED) is 0.551. The largest absolute Gasteiger partial charge is 0.384 e. The lowest BCUT2D eigenvalue weighted by atomic mass is 9.89. The number of carbonyl (C=O) groups excluding carboxylic acids is 1. The first-order valence-corrected chi connectivity index (χ1v) is 10.9. The Balaban J connectivity index is 1.58. The molecule has 1 aromatic carbocycles. The van der Waals surface area contributed by atoms with Crippen LogP contribution in [0.2, 0.25) is 0 Å². The molecule has 7 heteroatoms. The van der Waals surface area contributed by atoms with E-state index in [-0.39, 0.29) is 11.9 Å². The van der Waals surface area contributed by atoms with Gasteiger partial charge in [0.1, 0.15) is 5.82 Å². The number of likely N-dealkylation sites (tertiary alicyclic amines) is 1. The van der Waals surface area contributed by atoms with Gasteiger partial charge in [-0.2, -0.15) is 0 Å². The van der Waals surface area contributed by atoms with Gasteiger partial charge in [-0.05, 0) is 17.9 Å². The van der Waals surface area contributed by atoms with Crippen molar-refractivity contribution in [3.63, 3.8) is 0 Å². The van der Waals surface area contributed by atoms with Gasteiger partial charge in [-0.3, -0.25) is 4.79 Å². The van der Waals surface area contributed by atoms with E-state index in [1.165, 1.54) is 5.56 Å². The second-order valence-electron chi connectivity index (χ2n) is 7.37. The van der Waals surface area contributed by atoms with E-state index in [1.54, 1.807) is 18.9 Å². The minimum Gasteiger partial charge on any atom is -0.384 e. The lowest BCUT2D eigenvalue weighted by Crippen LogP contribution is -2.36. The van der Waals surface area contributed by atoms with Crippen LogP contribution in [-0.2, 0) is 9.53 Å². The summed E-state index contributed by atoms with van der Waals surface area (Å²) in [6.07, 6.45) is 4.26. The molecule has 6 nitrogen and oxygen atoms in total. The molecule has 0 saturated carbocycles. The molecule has 2 aromatic rings. The molecule has 2 aliphatic heterocycles. The Labute approximate surface area is 170 Å². The van der Waals surface area contributed by atoms with Crippen LogP contribution in [-0.4, -0.2) is 60.4 Å². The van der Waals surface area contributed by atoms with Crippen molar-refractivity contribution in [1.29, 1.82) is 0 Å². The van der Waals surface area contributed by atoms with Gasteiger partial charge in [0.05, 0.1) is 19.1 Å². The van der Waals surface area contributed by atoms with Gasteiger partial charge in [0.25, 0.3) is 0 Å². The Morgan fingerprint density at radius 3 is 2.79 bits per heavy atom. The van der Waals surface area contributed by atoms with Crippen LogP contribution in [0.3, 0.4) is 0 Å². The second-order valence-corrected chi connectivity index (χ2v) is 8.15. The number of fused-ring (bicyclic) bond motifs is 1. The number of anilines is 1. The van der Waals surface area contributed by atoms with Gasteiger partial charge in [-0.15, -0.1) is 0 Å². The number of hydrogen-bond donors (Lipinski definition) is 0. The van der Waals surface area contributed by atoms with Crippen molar-refractivity contribution >= 4 is 23.5 Å². The Morgan fingerprint density at radius 1 is 1.21 bits per heavy atom. The molecule has 0 N–H and O–H groups in total. The van der Waals surface area contributed by atoms with E-state index < -0.39 is 0 Å². The molecule has 1 aromatic heterocycles. The van der Waals surface area contributed by atoms with E-state index in [2.05, 4.69) is 44.0 Å². The summed E-state index contributed by atoms with van der Waals surface area (Å²) in [6, 6.07) is 12.5. The summed E-state index contributed by atoms with van der Waals surface area (Å²) in [4.78, 5) is 26.3. The highest BCUT2D eigenvalue weighted by atomic mass is 32.2. The van der Waals surface area contributed by atoms with Crippen LogP contribution < -0.4 is 4.90 Å². The van der Waals surface area contributed by atoms with Crippen LogP contribution in [0.25, 0.3) is 0 Å². The third-order valence-electron chi connectivity index (χ3n) is 5.77. The summed E-state index contributed by atoms with van der Waals surface area (Å²) in [5, 5.41) is 0.797. The van der Waals surface area contributed by atoms with Gasteiger partial charge in [0.15, 0.2) is 5.16 Å². The molecule has 0 radical (unpaired) electrons. The fourth-order valence-corrected chi connectivity index (χ4v) is 4.86. The maximum atomic E-state index is 12.9. The van der Waals surface area contributed by atoms with Crippen molar-refractivity contribution in [2.75, 3.05) is 44.5 Å². The lowest BCUT2D eigenvalue weighted by Gasteiger charge is -2.30. The number of carbonyl (C=O) groups is 1. The Kier molecular flexibility index (Phi) is 5.82. The zero-order valence-electron chi connectivity index (χ0n) is 16.3. The van der Waals surface area contributed by atoms with Crippen molar-refractivity contribution in [3.05, 3.63) is 48.2 Å². The van der Waals surface area contributed by atoms with E-state index in [9.17, 15) is 4.79 Å². The van der Waals surface area contributed by atoms with E-state index >= 15 is 0 Å². The monoisotopic (exact) mass is 398 g/mol. The highest BCUT2D eigenvalue weighted by molar-refractivity contribution is 7.98. The van der Waals surface area contributed by atoms with Crippen LogP contribution in [0.4, 0.5) is 5.82 Å². The Morgan fingerprint density at radius 2 is 2.04 bits per heavy atom. The summed E-state index contributed by atoms with van der Waals surface area (Å²) >= 11 is 1.56. The molecule has 2 fully saturated rings. The SMILES string of the molecule is COCCC(=O)N1C[C@@H]2CN(c3ccnc(SC)n3)C[C@@H]2[C@H]1c1ccccc1. The van der Waals surface area contributed by atoms with Crippen LogP contribution in [0.5, 0.6) is 0 Å². The second kappa shape index (κ2) is 8.49. The van der Waals surface area contributed by atoms with Crippen LogP contribution in [0.15, 0.2) is 47.8 Å². The fourth-order valence-electron chi connectivity index (χ4n) is 4.51. The normalized spacial score (nSPS) is 23.9. The van der Waals surface area contributed by atoms with Gasteiger partial charge in [0, 0.05) is 44.8 Å². The summed E-state index contributed by atoms with van der Waals surface area (Å²) in [5.41, 5.74) is 1.22. The van der Waals surface area contributed by atoms with Crippen LogP contribution >= 0.6 is 11.8 Å². The summed E-state index contributed by atoms with van der Waals surface area (Å²) in [5.74, 6) is 2.02. The first kappa shape index (κ1) is 19.2. The van der Waals surface area contributed by atoms with Crippen molar-refractivity contribution in [1.82, 2.24) is 14.9 Å². The minimum atomic E-state index is 0.113. The predicted octanol–water partition coefficient (Wildman–Crippen LogP) is 2.87. The van der Waals surface area contributed by atoms with Gasteiger partial charge >= 0.3 is 0 Å². The molecule has 1 amide bonds. The first-order chi connectivity index (χ1) is 13.7. The fraction of sp³-hybridized carbons (Fsp3) is 0.476. The number of rotatable bonds is 6. The Bertz CT molecular complexity index is 819. The highest BCUT2D eigenvalue weighted by Gasteiger charge is 2.49. The standard InChI is InChI=1S/C21H26N4O2S/c1-27-11-9-19(26)25-13-16-12-24(18-8-10-22-21(23-18)28-2)14-17(16)20(25)15-6-4-3-5-7-15/h3-8,10,16-17,20H,9,11-14H2,1-2H3/t16-,17-,20+/m0/s1. The number of ether oxygens (including phenoxy) is 1. The third-order valence-corrected chi connectivity index (χ3v) is 6.33. The van der Waals surface area contributed by atoms with Crippen molar-refractivity contribution in [3.8, 4) is 0 Å². The molecular weight excluding hydrogens is 372 g/mol. The molecule has 0 aliphatic carbocycles. The zero-order valence-corrected chi connectivity index (χ0v) is 17.1. The third kappa shape index (κ3) is 3.73. The van der Waals surface area contributed by atoms with Crippen molar-refractivity contribution in [2.24, 2.45) is 11.8 Å². The van der Waals surface area contributed by atoms with E-state index in [4.69, 9.17) is 4.74 Å². The van der Waals surface area contributed by atoms with Crippen LogP contribution in [0, 0.1) is 11.8 Å². The van der Waals surface area contributed by atoms with E-state index in [0.29, 0.717) is 24.9 Å². The summed E-state index contributed by atoms with van der Waals surface area (Å²) in [7, 11) is 1.64. The molecule has 0 spiro atoms. The van der Waals surface area contributed by atoms with Crippen molar-refractivity contribution < 1.29 is 9.53 Å². The molecule has 3 atom stereocenters. The lowest BCUT2D eigenvalue weighted by molar-refractivity contribution is -0.133. The van der Waals surface area contributed by atoms with Gasteiger partial charge < -0.3 is 14.5 Å². The minimum absolute atomic E-state index is 0.113. The molecule has 28 heavy (non-hydrogen) atoms. The van der Waals surface area contributed by atoms with E-state index in [1.807, 2.05) is 24.6 Å². The molecule has 0 bridgehead atoms. The zero-order chi connectivity index (χ0) is 19.5. The predicted molar refractivity (Wildman–Crippen MR) is 110 cm³/mol. The maximum absolute atomic E-state index is 12.9. The molecule has 2 aliphatic rings. The van der Waals surface area contributed by atoms with Crippen molar-refractivity contribution in [2.45, 2.75) is 17.6 Å². The number of hydrogen-bond acceptors (Lipinski definition) is 6. The number of amides is 1. The van der Waals surface area contributed by atoms with Gasteiger partial charge in [-0.25, -0.2) is 9.97 Å². The molecule has 2 saturated heterocycles. The smallest absolute Gasteiger partial charge is 0.225 e. The van der Waals surface area contributed by atoms with E-state index in [0.717, 1.165) is 30.6 Å². The molecular formula is C21H26N4O2S. The molecule has 3 heterocycles. The van der Waals surface area contributed by atoms with Gasteiger partial charge in [-0.1, -0.05) is 42.1 Å². The average molecular weight is 399 g/mol. The average Bonchev–Trinajstić information content (AvgIpc) is 3.30. The number of nitrogens with zero attached hydrogens (tertiary/aromatic N) is 4. The number of methoxy groups -OCH3 is 1. The highest BCUT2D eigenvalue weighted by Crippen LogP contribution is 2.45. The summed E-state index contributed by atoms with van der Waals surface area (Å²) in [6.45, 7) is 3.09. The Hall–Kier alpha value is -2.12.